The second-order valence-corrected chi connectivity index (χ2v) is 8.45. The number of piperidine rings is 1. The second-order valence-electron chi connectivity index (χ2n) is 6.56. The lowest BCUT2D eigenvalue weighted by Crippen LogP contribution is -2.38. The van der Waals surface area contributed by atoms with Gasteiger partial charge in [-0.1, -0.05) is 12.1 Å². The molecule has 0 aliphatic carbocycles. The quantitative estimate of drug-likeness (QED) is 0.818. The number of hydrogen-bond donors (Lipinski definition) is 2. The van der Waals surface area contributed by atoms with Crippen LogP contribution >= 0.6 is 24.8 Å². The van der Waals surface area contributed by atoms with Gasteiger partial charge in [0.1, 0.15) is 0 Å². The van der Waals surface area contributed by atoms with Crippen LogP contribution < -0.4 is 10.0 Å². The molecule has 1 aromatic carbocycles. The molecule has 2 N–H and O–H groups in total. The summed E-state index contributed by atoms with van der Waals surface area (Å²) in [7, 11) is -1.90. The Morgan fingerprint density at radius 2 is 1.75 bits per heavy atom. The summed E-state index contributed by atoms with van der Waals surface area (Å²) >= 11 is 0. The van der Waals surface area contributed by atoms with E-state index in [9.17, 15) is 8.42 Å². The Labute approximate surface area is 157 Å². The standard InChI is InChI=1S/C16H25N3O2S.2ClH/c1-17-22(20,21)15-4-2-14(3-5-15)12-19-11-8-16(13-19)6-9-18-10-7-16;;/h2-5,17-18H,6-13H2,1H3;2*1H. The zero-order chi connectivity index (χ0) is 15.6. The molecule has 2 heterocycles. The number of nitrogens with one attached hydrogen (secondary N) is 2. The highest BCUT2D eigenvalue weighted by molar-refractivity contribution is 7.89. The normalized spacial score (nSPS) is 20.4. The topological polar surface area (TPSA) is 61.4 Å². The molecule has 0 bridgehead atoms. The van der Waals surface area contributed by atoms with E-state index in [1.54, 1.807) is 12.1 Å². The van der Waals surface area contributed by atoms with Gasteiger partial charge in [-0.3, -0.25) is 4.90 Å². The minimum Gasteiger partial charge on any atom is -0.317 e. The van der Waals surface area contributed by atoms with E-state index in [2.05, 4.69) is 14.9 Å². The Hall–Kier alpha value is -0.370. The zero-order valence-corrected chi connectivity index (χ0v) is 16.4. The molecule has 2 aliphatic rings. The summed E-state index contributed by atoms with van der Waals surface area (Å²) in [5.74, 6) is 0. The first kappa shape index (κ1) is 21.7. The van der Waals surface area contributed by atoms with Crippen molar-refractivity contribution in [3.8, 4) is 0 Å². The Bertz CT molecular complexity index is 617. The van der Waals surface area contributed by atoms with E-state index in [0.717, 1.165) is 26.2 Å². The lowest BCUT2D eigenvalue weighted by Gasteiger charge is -2.33. The summed E-state index contributed by atoms with van der Waals surface area (Å²) in [5.41, 5.74) is 1.70. The number of sulfonamides is 1. The maximum Gasteiger partial charge on any atom is 0.240 e. The van der Waals surface area contributed by atoms with E-state index < -0.39 is 10.0 Å². The molecule has 1 spiro atoms. The van der Waals surface area contributed by atoms with Crippen molar-refractivity contribution in [3.05, 3.63) is 29.8 Å². The fraction of sp³-hybridized carbons (Fsp3) is 0.625. The summed E-state index contributed by atoms with van der Waals surface area (Å²) < 4.78 is 25.8. The third kappa shape index (κ3) is 4.84. The van der Waals surface area contributed by atoms with Gasteiger partial charge in [-0.25, -0.2) is 13.1 Å². The molecule has 0 radical (unpaired) electrons. The van der Waals surface area contributed by atoms with Crippen molar-refractivity contribution in [2.24, 2.45) is 5.41 Å². The van der Waals surface area contributed by atoms with Crippen molar-refractivity contribution in [2.45, 2.75) is 30.7 Å². The first-order valence-corrected chi connectivity index (χ1v) is 9.47. The maximum absolute atomic E-state index is 11.7. The fourth-order valence-electron chi connectivity index (χ4n) is 3.68. The highest BCUT2D eigenvalue weighted by Gasteiger charge is 2.38. The van der Waals surface area contributed by atoms with Gasteiger partial charge in [0.25, 0.3) is 0 Å². The molecule has 5 nitrogen and oxygen atoms in total. The number of halogens is 2. The number of hydrogen-bond acceptors (Lipinski definition) is 4. The number of likely N-dealkylation sites (tertiary alicyclic amines) is 1. The predicted octanol–water partition coefficient (Wildman–Crippen LogP) is 2.01. The van der Waals surface area contributed by atoms with Crippen LogP contribution in [0.15, 0.2) is 29.2 Å². The Balaban J connectivity index is 0.00000144. The third-order valence-electron chi connectivity index (χ3n) is 5.09. The molecule has 0 aromatic heterocycles. The zero-order valence-electron chi connectivity index (χ0n) is 14.0. The van der Waals surface area contributed by atoms with Crippen molar-refractivity contribution < 1.29 is 8.42 Å². The summed E-state index contributed by atoms with van der Waals surface area (Å²) in [6.45, 7) is 5.52. The van der Waals surface area contributed by atoms with E-state index in [4.69, 9.17) is 0 Å². The molecule has 8 heteroatoms. The molecule has 138 valence electrons. The van der Waals surface area contributed by atoms with E-state index in [1.807, 2.05) is 12.1 Å². The molecule has 2 saturated heterocycles. The van der Waals surface area contributed by atoms with E-state index in [-0.39, 0.29) is 24.8 Å². The molecule has 3 rings (SSSR count). The molecule has 2 aliphatic heterocycles. The van der Waals surface area contributed by atoms with Gasteiger partial charge in [0.2, 0.25) is 10.0 Å². The Morgan fingerprint density at radius 3 is 2.33 bits per heavy atom. The molecular formula is C16H27Cl2N3O2S. The van der Waals surface area contributed by atoms with Crippen LogP contribution in [0.5, 0.6) is 0 Å². The van der Waals surface area contributed by atoms with Crippen LogP contribution in [0.4, 0.5) is 0 Å². The summed E-state index contributed by atoms with van der Waals surface area (Å²) in [4.78, 5) is 2.84. The average molecular weight is 396 g/mol. The van der Waals surface area contributed by atoms with E-state index in [1.165, 1.54) is 38.4 Å². The number of rotatable bonds is 4. The molecule has 2 fully saturated rings. The van der Waals surface area contributed by atoms with Crippen molar-refractivity contribution >= 4 is 34.8 Å². The van der Waals surface area contributed by atoms with Gasteiger partial charge >= 0.3 is 0 Å². The van der Waals surface area contributed by atoms with E-state index in [0.29, 0.717) is 10.3 Å². The highest BCUT2D eigenvalue weighted by Crippen LogP contribution is 2.38. The Morgan fingerprint density at radius 1 is 1.12 bits per heavy atom. The molecule has 24 heavy (non-hydrogen) atoms. The van der Waals surface area contributed by atoms with Gasteiger partial charge in [-0.15, -0.1) is 24.8 Å². The van der Waals surface area contributed by atoms with Crippen molar-refractivity contribution in [2.75, 3.05) is 33.2 Å². The van der Waals surface area contributed by atoms with Crippen LogP contribution in [-0.2, 0) is 16.6 Å². The maximum atomic E-state index is 11.7. The average Bonchev–Trinajstić information content (AvgIpc) is 2.91. The third-order valence-corrected chi connectivity index (χ3v) is 6.52. The monoisotopic (exact) mass is 395 g/mol. The van der Waals surface area contributed by atoms with Gasteiger partial charge in [0, 0.05) is 13.1 Å². The van der Waals surface area contributed by atoms with Crippen molar-refractivity contribution in [1.29, 1.82) is 0 Å². The summed E-state index contributed by atoms with van der Waals surface area (Å²) in [6, 6.07) is 7.24. The first-order valence-electron chi connectivity index (χ1n) is 7.99. The van der Waals surface area contributed by atoms with Crippen LogP contribution in [0.25, 0.3) is 0 Å². The minimum atomic E-state index is -3.34. The molecule has 0 saturated carbocycles. The number of benzene rings is 1. The van der Waals surface area contributed by atoms with Crippen molar-refractivity contribution in [1.82, 2.24) is 14.9 Å². The van der Waals surface area contributed by atoms with Crippen LogP contribution in [0.1, 0.15) is 24.8 Å². The molecule has 0 amide bonds. The lowest BCUT2D eigenvalue weighted by molar-refractivity contribution is 0.194. The Kier molecular flexibility index (Phi) is 7.97. The van der Waals surface area contributed by atoms with Crippen LogP contribution in [-0.4, -0.2) is 46.5 Å². The second kappa shape index (κ2) is 8.83. The van der Waals surface area contributed by atoms with E-state index >= 15 is 0 Å². The summed E-state index contributed by atoms with van der Waals surface area (Å²) in [5, 5.41) is 3.44. The minimum absolute atomic E-state index is 0. The largest absolute Gasteiger partial charge is 0.317 e. The van der Waals surface area contributed by atoms with Crippen LogP contribution in [0, 0.1) is 5.41 Å². The molecule has 1 aromatic rings. The molecule has 0 unspecified atom stereocenters. The van der Waals surface area contributed by atoms with Crippen LogP contribution in [0.3, 0.4) is 0 Å². The van der Waals surface area contributed by atoms with Crippen LogP contribution in [0.2, 0.25) is 0 Å². The predicted molar refractivity (Wildman–Crippen MR) is 102 cm³/mol. The van der Waals surface area contributed by atoms with Gasteiger partial charge in [-0.2, -0.15) is 0 Å². The smallest absolute Gasteiger partial charge is 0.240 e. The lowest BCUT2D eigenvalue weighted by atomic mass is 9.78. The summed E-state index contributed by atoms with van der Waals surface area (Å²) in [6.07, 6.45) is 3.85. The van der Waals surface area contributed by atoms with Crippen molar-refractivity contribution in [3.63, 3.8) is 0 Å². The van der Waals surface area contributed by atoms with Gasteiger partial charge in [0.05, 0.1) is 4.90 Å². The highest BCUT2D eigenvalue weighted by atomic mass is 35.5. The fourth-order valence-corrected chi connectivity index (χ4v) is 4.41. The molecule has 0 atom stereocenters. The van der Waals surface area contributed by atoms with Gasteiger partial charge in [0.15, 0.2) is 0 Å². The van der Waals surface area contributed by atoms with Gasteiger partial charge in [-0.05, 0) is 69.1 Å². The van der Waals surface area contributed by atoms with Gasteiger partial charge < -0.3 is 5.32 Å². The molecular weight excluding hydrogens is 369 g/mol. The number of nitrogens with zero attached hydrogens (tertiary/aromatic N) is 1. The first-order chi connectivity index (χ1) is 10.5. The SMILES string of the molecule is CNS(=O)(=O)c1ccc(CN2CCC3(CCNCC3)C2)cc1.Cl.Cl.